The zero-order valence-electron chi connectivity index (χ0n) is 12.7. The molecule has 108 valence electrons. The largest absolute Gasteiger partial charge is 0.456 e. The second-order valence-electron chi connectivity index (χ2n) is 6.32. The Morgan fingerprint density at radius 2 is 1.70 bits per heavy atom. The average molecular weight is 272 g/mol. The van der Waals surface area contributed by atoms with Crippen molar-refractivity contribution >= 4 is 5.97 Å². The van der Waals surface area contributed by atoms with Crippen LogP contribution in [0.15, 0.2) is 36.4 Å². The van der Waals surface area contributed by atoms with Crippen molar-refractivity contribution in [3.8, 4) is 0 Å². The van der Waals surface area contributed by atoms with Crippen LogP contribution in [0, 0.1) is 5.92 Å². The number of rotatable bonds is 3. The molecule has 2 rings (SSSR count). The maximum absolute atomic E-state index is 11.8. The van der Waals surface area contributed by atoms with E-state index in [1.54, 1.807) is 6.92 Å². The van der Waals surface area contributed by atoms with Crippen LogP contribution in [0.4, 0.5) is 0 Å². The number of carbonyl (C=O) groups excluding carboxylic acids is 1. The van der Waals surface area contributed by atoms with Gasteiger partial charge in [0.15, 0.2) is 0 Å². The zero-order chi connectivity index (χ0) is 14.8. The Morgan fingerprint density at radius 1 is 1.20 bits per heavy atom. The van der Waals surface area contributed by atoms with E-state index < -0.39 is 5.60 Å². The Morgan fingerprint density at radius 3 is 2.15 bits per heavy atom. The fourth-order valence-corrected chi connectivity index (χ4v) is 2.95. The number of hydrogen-bond donors (Lipinski definition) is 0. The highest BCUT2D eigenvalue weighted by Gasteiger charge is 2.34. The van der Waals surface area contributed by atoms with Crippen molar-refractivity contribution in [1.82, 2.24) is 0 Å². The standard InChI is InChI=1S/C18H24O2/c1-13(2)17(19)20-18(3,4)16-11-9-14-7-5-6-8-15(14)10-12-16/h5-8,16H,1,9-12H2,2-4H3. The number of esters is 1. The summed E-state index contributed by atoms with van der Waals surface area (Å²) in [6, 6.07) is 8.63. The van der Waals surface area contributed by atoms with Crippen LogP contribution in [-0.4, -0.2) is 11.6 Å². The maximum atomic E-state index is 11.8. The lowest BCUT2D eigenvalue weighted by Gasteiger charge is -2.33. The highest BCUT2D eigenvalue weighted by atomic mass is 16.6. The van der Waals surface area contributed by atoms with Crippen LogP contribution in [0.2, 0.25) is 0 Å². The molecule has 0 aromatic heterocycles. The summed E-state index contributed by atoms with van der Waals surface area (Å²) in [5.41, 5.74) is 2.92. The van der Waals surface area contributed by atoms with Gasteiger partial charge in [0.2, 0.25) is 0 Å². The first-order chi connectivity index (χ1) is 9.40. The molecular formula is C18H24O2. The summed E-state index contributed by atoms with van der Waals surface area (Å²) in [6.07, 6.45) is 4.25. The molecule has 2 heteroatoms. The minimum atomic E-state index is -0.432. The van der Waals surface area contributed by atoms with E-state index in [1.807, 2.05) is 13.8 Å². The lowest BCUT2D eigenvalue weighted by molar-refractivity contribution is -0.157. The number of carbonyl (C=O) groups is 1. The average Bonchev–Trinajstić information content (AvgIpc) is 2.60. The summed E-state index contributed by atoms with van der Waals surface area (Å²) in [4.78, 5) is 11.8. The lowest BCUT2D eigenvalue weighted by Crippen LogP contribution is -2.37. The molecule has 0 bridgehead atoms. The third-order valence-electron chi connectivity index (χ3n) is 4.33. The van der Waals surface area contributed by atoms with Crippen LogP contribution in [0.1, 0.15) is 44.7 Å². The molecule has 0 radical (unpaired) electrons. The molecule has 0 saturated heterocycles. The summed E-state index contributed by atoms with van der Waals surface area (Å²) in [5, 5.41) is 0. The van der Waals surface area contributed by atoms with Crippen LogP contribution in [0.5, 0.6) is 0 Å². The van der Waals surface area contributed by atoms with E-state index in [4.69, 9.17) is 4.74 Å². The van der Waals surface area contributed by atoms with Crippen molar-refractivity contribution in [2.24, 2.45) is 5.92 Å². The number of aryl methyl sites for hydroxylation is 2. The third-order valence-corrected chi connectivity index (χ3v) is 4.33. The lowest BCUT2D eigenvalue weighted by atomic mass is 9.84. The molecule has 0 aliphatic heterocycles. The SMILES string of the molecule is C=C(C)C(=O)OC(C)(C)C1CCc2ccccc2CC1. The van der Waals surface area contributed by atoms with Crippen molar-refractivity contribution in [1.29, 1.82) is 0 Å². The maximum Gasteiger partial charge on any atom is 0.333 e. The predicted molar refractivity (Wildman–Crippen MR) is 81.6 cm³/mol. The topological polar surface area (TPSA) is 26.3 Å². The summed E-state index contributed by atoms with van der Waals surface area (Å²) in [6.45, 7) is 9.40. The summed E-state index contributed by atoms with van der Waals surface area (Å²) >= 11 is 0. The fraction of sp³-hybridized carbons (Fsp3) is 0.500. The van der Waals surface area contributed by atoms with Gasteiger partial charge in [-0.25, -0.2) is 4.79 Å². The quantitative estimate of drug-likeness (QED) is 0.471. The van der Waals surface area contributed by atoms with E-state index in [2.05, 4.69) is 30.8 Å². The molecule has 1 aliphatic carbocycles. The van der Waals surface area contributed by atoms with Gasteiger partial charge >= 0.3 is 5.97 Å². The smallest absolute Gasteiger partial charge is 0.333 e. The van der Waals surface area contributed by atoms with Crippen molar-refractivity contribution in [3.63, 3.8) is 0 Å². The first-order valence-electron chi connectivity index (χ1n) is 7.36. The third kappa shape index (κ3) is 3.30. The van der Waals surface area contributed by atoms with Crippen LogP contribution < -0.4 is 0 Å². The van der Waals surface area contributed by atoms with Gasteiger partial charge in [0.1, 0.15) is 5.60 Å². The summed E-state index contributed by atoms with van der Waals surface area (Å²) in [7, 11) is 0. The molecule has 0 atom stereocenters. The van der Waals surface area contributed by atoms with Crippen molar-refractivity contribution in [2.75, 3.05) is 0 Å². The van der Waals surface area contributed by atoms with Gasteiger partial charge < -0.3 is 4.74 Å². The molecule has 1 aromatic carbocycles. The molecule has 0 heterocycles. The van der Waals surface area contributed by atoms with Crippen molar-refractivity contribution < 1.29 is 9.53 Å². The molecule has 1 aliphatic rings. The van der Waals surface area contributed by atoms with Crippen molar-refractivity contribution in [3.05, 3.63) is 47.5 Å². The van der Waals surface area contributed by atoms with Gasteiger partial charge in [0, 0.05) is 5.57 Å². The highest BCUT2D eigenvalue weighted by molar-refractivity contribution is 5.87. The molecule has 0 fully saturated rings. The highest BCUT2D eigenvalue weighted by Crippen LogP contribution is 2.34. The van der Waals surface area contributed by atoms with Crippen LogP contribution >= 0.6 is 0 Å². The van der Waals surface area contributed by atoms with Gasteiger partial charge in [0.25, 0.3) is 0 Å². The number of hydrogen-bond acceptors (Lipinski definition) is 2. The van der Waals surface area contributed by atoms with Gasteiger partial charge in [-0.2, -0.15) is 0 Å². The van der Waals surface area contributed by atoms with E-state index >= 15 is 0 Å². The van der Waals surface area contributed by atoms with E-state index in [1.165, 1.54) is 11.1 Å². The van der Waals surface area contributed by atoms with E-state index in [0.29, 0.717) is 11.5 Å². The minimum absolute atomic E-state index is 0.281. The fourth-order valence-electron chi connectivity index (χ4n) is 2.95. The minimum Gasteiger partial charge on any atom is -0.456 e. The molecular weight excluding hydrogens is 248 g/mol. The first-order valence-corrected chi connectivity index (χ1v) is 7.36. The van der Waals surface area contributed by atoms with Gasteiger partial charge in [-0.3, -0.25) is 0 Å². The van der Waals surface area contributed by atoms with Gasteiger partial charge in [-0.15, -0.1) is 0 Å². The first kappa shape index (κ1) is 14.8. The van der Waals surface area contributed by atoms with Gasteiger partial charge in [-0.1, -0.05) is 30.8 Å². The number of benzene rings is 1. The second kappa shape index (κ2) is 5.82. The molecule has 0 amide bonds. The van der Waals surface area contributed by atoms with E-state index in [-0.39, 0.29) is 5.97 Å². The van der Waals surface area contributed by atoms with Crippen LogP contribution in [0.3, 0.4) is 0 Å². The molecule has 20 heavy (non-hydrogen) atoms. The Hall–Kier alpha value is -1.57. The van der Waals surface area contributed by atoms with Crippen LogP contribution in [0.25, 0.3) is 0 Å². The van der Waals surface area contributed by atoms with Crippen molar-refractivity contribution in [2.45, 2.75) is 52.1 Å². The summed E-state index contributed by atoms with van der Waals surface area (Å²) < 4.78 is 5.65. The number of fused-ring (bicyclic) bond motifs is 1. The van der Waals surface area contributed by atoms with Crippen LogP contribution in [-0.2, 0) is 22.4 Å². The van der Waals surface area contributed by atoms with Gasteiger partial charge in [0.05, 0.1) is 0 Å². The van der Waals surface area contributed by atoms with Gasteiger partial charge in [-0.05, 0) is 63.5 Å². The summed E-state index contributed by atoms with van der Waals surface area (Å²) in [5.74, 6) is 0.106. The Kier molecular flexibility index (Phi) is 4.32. The molecule has 0 N–H and O–H groups in total. The van der Waals surface area contributed by atoms with E-state index in [9.17, 15) is 4.79 Å². The predicted octanol–water partition coefficient (Wildman–Crippen LogP) is 4.08. The van der Waals surface area contributed by atoms with E-state index in [0.717, 1.165) is 25.7 Å². The molecule has 0 saturated carbocycles. The number of ether oxygens (including phenoxy) is 1. The second-order valence-corrected chi connectivity index (χ2v) is 6.32. The molecule has 0 unspecified atom stereocenters. The molecule has 0 spiro atoms. The zero-order valence-corrected chi connectivity index (χ0v) is 12.7. The molecule has 1 aromatic rings. The monoisotopic (exact) mass is 272 g/mol. The Labute approximate surface area is 121 Å². The Balaban J connectivity index is 2.08. The Bertz CT molecular complexity index is 487. The molecule has 2 nitrogen and oxygen atoms in total. The normalized spacial score (nSPS) is 16.1.